The fourth-order valence-corrected chi connectivity index (χ4v) is 2.28. The summed E-state index contributed by atoms with van der Waals surface area (Å²) in [6.45, 7) is -2.52. The highest BCUT2D eigenvalue weighted by Crippen LogP contribution is 2.22. The quantitative estimate of drug-likeness (QED) is 0.879. The summed E-state index contributed by atoms with van der Waals surface area (Å²) in [5, 5.41) is 14.1. The normalized spacial score (nSPS) is 12.0. The van der Waals surface area contributed by atoms with E-state index in [9.17, 15) is 18.0 Å². The lowest BCUT2D eigenvalue weighted by Crippen LogP contribution is -2.37. The minimum absolute atomic E-state index is 0.0658. The monoisotopic (exact) mass is 321 g/mol. The SMILES string of the molecule is O=C(O)CN(Cc1nc(-c2cccs2)no1)CC(F)(F)F. The number of aliphatic carboxylic acids is 1. The number of rotatable bonds is 6. The van der Waals surface area contributed by atoms with Crippen molar-refractivity contribution in [2.45, 2.75) is 12.7 Å². The molecule has 0 spiro atoms. The number of hydrogen-bond donors (Lipinski definition) is 1. The number of carboxylic acid groups (broad SMARTS) is 1. The molecule has 10 heteroatoms. The number of carboxylic acids is 1. The van der Waals surface area contributed by atoms with Gasteiger partial charge in [-0.2, -0.15) is 18.2 Å². The Bertz CT molecular complexity index is 597. The Labute approximate surface area is 120 Å². The summed E-state index contributed by atoms with van der Waals surface area (Å²) in [7, 11) is 0. The molecule has 0 unspecified atom stereocenters. The van der Waals surface area contributed by atoms with Crippen molar-refractivity contribution in [2.75, 3.05) is 13.1 Å². The molecule has 2 heterocycles. The Balaban J connectivity index is 2.07. The zero-order valence-corrected chi connectivity index (χ0v) is 11.3. The van der Waals surface area contributed by atoms with Gasteiger partial charge in [0.25, 0.3) is 0 Å². The highest BCUT2D eigenvalue weighted by atomic mass is 32.1. The van der Waals surface area contributed by atoms with Gasteiger partial charge in [0, 0.05) is 0 Å². The van der Waals surface area contributed by atoms with E-state index >= 15 is 0 Å². The summed E-state index contributed by atoms with van der Waals surface area (Å²) in [6.07, 6.45) is -4.51. The van der Waals surface area contributed by atoms with E-state index in [-0.39, 0.29) is 18.3 Å². The molecule has 1 N–H and O–H groups in total. The second-order valence-corrected chi connectivity index (χ2v) is 5.09. The summed E-state index contributed by atoms with van der Waals surface area (Å²) >= 11 is 1.36. The number of hydrogen-bond acceptors (Lipinski definition) is 6. The van der Waals surface area contributed by atoms with Crippen LogP contribution >= 0.6 is 11.3 Å². The van der Waals surface area contributed by atoms with Crippen molar-refractivity contribution in [3.05, 3.63) is 23.4 Å². The zero-order chi connectivity index (χ0) is 15.5. The van der Waals surface area contributed by atoms with Crippen LogP contribution in [0.2, 0.25) is 0 Å². The predicted molar refractivity (Wildman–Crippen MR) is 66.6 cm³/mol. The molecule has 0 radical (unpaired) electrons. The van der Waals surface area contributed by atoms with Gasteiger partial charge in [0.1, 0.15) is 0 Å². The molecule has 2 aromatic rings. The molecule has 0 amide bonds. The van der Waals surface area contributed by atoms with Crippen molar-refractivity contribution in [1.29, 1.82) is 0 Å². The number of carbonyl (C=O) groups is 1. The topological polar surface area (TPSA) is 79.5 Å². The average Bonchev–Trinajstić information content (AvgIpc) is 2.94. The van der Waals surface area contributed by atoms with Crippen molar-refractivity contribution in [3.63, 3.8) is 0 Å². The standard InChI is InChI=1S/C11H10F3N3O3S/c12-11(13,14)6-17(5-9(18)19)4-8-15-10(16-20-8)7-2-1-3-21-7/h1-3H,4-6H2,(H,18,19). The molecular weight excluding hydrogens is 311 g/mol. The van der Waals surface area contributed by atoms with Gasteiger partial charge in [-0.05, 0) is 11.4 Å². The molecule has 2 rings (SSSR count). The van der Waals surface area contributed by atoms with Crippen molar-refractivity contribution >= 4 is 17.3 Å². The largest absolute Gasteiger partial charge is 0.480 e. The maximum atomic E-state index is 12.4. The van der Waals surface area contributed by atoms with E-state index in [1.165, 1.54) is 11.3 Å². The van der Waals surface area contributed by atoms with E-state index in [0.29, 0.717) is 9.78 Å². The summed E-state index contributed by atoms with van der Waals surface area (Å²) in [4.78, 5) is 16.0. The van der Waals surface area contributed by atoms with Crippen LogP contribution in [-0.4, -0.2) is 45.4 Å². The Morgan fingerprint density at radius 2 is 2.24 bits per heavy atom. The fraction of sp³-hybridized carbons (Fsp3) is 0.364. The molecule has 0 aliphatic rings. The number of thiophene rings is 1. The van der Waals surface area contributed by atoms with E-state index in [4.69, 9.17) is 9.63 Å². The van der Waals surface area contributed by atoms with Gasteiger partial charge in [0.2, 0.25) is 11.7 Å². The first-order valence-corrected chi connectivity index (χ1v) is 6.59. The van der Waals surface area contributed by atoms with Crippen molar-refractivity contribution in [1.82, 2.24) is 15.0 Å². The smallest absolute Gasteiger partial charge is 0.401 e. The first-order chi connectivity index (χ1) is 9.83. The van der Waals surface area contributed by atoms with E-state index in [2.05, 4.69) is 10.1 Å². The molecule has 0 aromatic carbocycles. The summed E-state index contributed by atoms with van der Waals surface area (Å²) in [5.41, 5.74) is 0. The van der Waals surface area contributed by atoms with E-state index < -0.39 is 25.2 Å². The van der Waals surface area contributed by atoms with E-state index in [1.807, 2.05) is 0 Å². The van der Waals surface area contributed by atoms with Gasteiger partial charge >= 0.3 is 12.1 Å². The van der Waals surface area contributed by atoms with Crippen LogP contribution in [-0.2, 0) is 11.3 Å². The van der Waals surface area contributed by atoms with Gasteiger partial charge in [-0.3, -0.25) is 9.69 Å². The molecule has 6 nitrogen and oxygen atoms in total. The number of halogens is 3. The van der Waals surface area contributed by atoms with Crippen LogP contribution in [0.5, 0.6) is 0 Å². The van der Waals surface area contributed by atoms with Crippen molar-refractivity contribution < 1.29 is 27.6 Å². The summed E-state index contributed by atoms with van der Waals surface area (Å²) in [5.74, 6) is -1.16. The molecule has 2 aromatic heterocycles. The van der Waals surface area contributed by atoms with Crippen LogP contribution in [0.1, 0.15) is 5.89 Å². The first-order valence-electron chi connectivity index (χ1n) is 5.71. The molecular formula is C11H10F3N3O3S. The van der Waals surface area contributed by atoms with Crippen molar-refractivity contribution in [3.8, 4) is 10.7 Å². The van der Waals surface area contributed by atoms with Crippen LogP contribution in [0.25, 0.3) is 10.7 Å². The number of nitrogens with zero attached hydrogens (tertiary/aromatic N) is 3. The second kappa shape index (κ2) is 6.22. The molecule has 0 saturated carbocycles. The third kappa shape index (κ3) is 4.83. The third-order valence-corrected chi connectivity index (χ3v) is 3.20. The Morgan fingerprint density at radius 1 is 1.48 bits per heavy atom. The molecule has 114 valence electrons. The summed E-state index contributed by atoms with van der Waals surface area (Å²) in [6, 6.07) is 3.51. The Morgan fingerprint density at radius 3 is 2.81 bits per heavy atom. The van der Waals surface area contributed by atoms with Gasteiger partial charge < -0.3 is 9.63 Å². The zero-order valence-electron chi connectivity index (χ0n) is 10.5. The fourth-order valence-electron chi connectivity index (χ4n) is 1.63. The number of aromatic nitrogens is 2. The molecule has 0 aliphatic heterocycles. The minimum atomic E-state index is -4.51. The molecule has 0 saturated heterocycles. The molecule has 0 bridgehead atoms. The number of alkyl halides is 3. The lowest BCUT2D eigenvalue weighted by atomic mass is 10.4. The van der Waals surface area contributed by atoms with Crippen LogP contribution < -0.4 is 0 Å². The van der Waals surface area contributed by atoms with Crippen LogP contribution in [0.4, 0.5) is 13.2 Å². The maximum absolute atomic E-state index is 12.4. The maximum Gasteiger partial charge on any atom is 0.401 e. The Kier molecular flexibility index (Phi) is 4.58. The van der Waals surface area contributed by atoms with Crippen LogP contribution in [0, 0.1) is 0 Å². The molecule has 0 aliphatic carbocycles. The predicted octanol–water partition coefficient (Wildman–Crippen LogP) is 2.25. The highest BCUT2D eigenvalue weighted by molar-refractivity contribution is 7.13. The van der Waals surface area contributed by atoms with E-state index in [0.717, 1.165) is 0 Å². The van der Waals surface area contributed by atoms with E-state index in [1.54, 1.807) is 17.5 Å². The van der Waals surface area contributed by atoms with Crippen LogP contribution in [0.3, 0.4) is 0 Å². The van der Waals surface area contributed by atoms with Gasteiger partial charge in [-0.1, -0.05) is 11.2 Å². The van der Waals surface area contributed by atoms with Gasteiger partial charge in [0.15, 0.2) is 0 Å². The lowest BCUT2D eigenvalue weighted by molar-refractivity contribution is -0.155. The van der Waals surface area contributed by atoms with Crippen molar-refractivity contribution in [2.24, 2.45) is 0 Å². The average molecular weight is 321 g/mol. The first kappa shape index (κ1) is 15.4. The van der Waals surface area contributed by atoms with Gasteiger partial charge in [0.05, 0.1) is 24.5 Å². The van der Waals surface area contributed by atoms with Crippen LogP contribution in [0.15, 0.2) is 22.0 Å². The third-order valence-electron chi connectivity index (χ3n) is 2.33. The highest BCUT2D eigenvalue weighted by Gasteiger charge is 2.32. The lowest BCUT2D eigenvalue weighted by Gasteiger charge is -2.19. The minimum Gasteiger partial charge on any atom is -0.480 e. The molecule has 21 heavy (non-hydrogen) atoms. The van der Waals surface area contributed by atoms with Gasteiger partial charge in [-0.15, -0.1) is 11.3 Å². The molecule has 0 atom stereocenters. The molecule has 0 fully saturated rings. The van der Waals surface area contributed by atoms with Gasteiger partial charge in [-0.25, -0.2) is 0 Å². The Hall–Kier alpha value is -1.94. The summed E-state index contributed by atoms with van der Waals surface area (Å²) < 4.78 is 42.0. The second-order valence-electron chi connectivity index (χ2n) is 4.14.